The zero-order valence-corrected chi connectivity index (χ0v) is 11.6. The van der Waals surface area contributed by atoms with E-state index in [2.05, 4.69) is 13.8 Å². The van der Waals surface area contributed by atoms with Crippen LogP contribution < -0.4 is 0 Å². The van der Waals surface area contributed by atoms with E-state index in [0.717, 1.165) is 19.3 Å². The third kappa shape index (κ3) is 11.8. The van der Waals surface area contributed by atoms with Crippen LogP contribution in [0.5, 0.6) is 0 Å². The number of hydrogen-bond donors (Lipinski definition) is 2. The lowest BCUT2D eigenvalue weighted by molar-refractivity contribution is 0.201. The Morgan fingerprint density at radius 2 is 1.53 bits per heavy atom. The van der Waals surface area contributed by atoms with Crippen LogP contribution in [-0.4, -0.2) is 16.3 Å². The quantitative estimate of drug-likeness (QED) is 0.406. The molecule has 2 N–H and O–H groups in total. The molecule has 1 atom stereocenters. The number of aliphatic hydroxyl groups is 2. The molecule has 0 aliphatic heterocycles. The Bertz CT molecular complexity index is 187. The maximum atomic E-state index is 9.69. The van der Waals surface area contributed by atoms with E-state index in [9.17, 15) is 10.2 Å². The van der Waals surface area contributed by atoms with Crippen molar-refractivity contribution in [1.82, 2.24) is 0 Å². The van der Waals surface area contributed by atoms with E-state index in [1.165, 1.54) is 38.5 Å². The van der Waals surface area contributed by atoms with Gasteiger partial charge < -0.3 is 10.2 Å². The van der Waals surface area contributed by atoms with Gasteiger partial charge in [-0.2, -0.15) is 0 Å². The predicted molar refractivity (Wildman–Crippen MR) is 74.2 cm³/mol. The minimum atomic E-state index is -0.460. The first-order valence-electron chi connectivity index (χ1n) is 7.28. The van der Waals surface area contributed by atoms with Crippen LogP contribution in [0.2, 0.25) is 0 Å². The van der Waals surface area contributed by atoms with Crippen molar-refractivity contribution in [3.05, 3.63) is 11.8 Å². The highest BCUT2D eigenvalue weighted by atomic mass is 16.3. The Morgan fingerprint density at radius 1 is 0.941 bits per heavy atom. The van der Waals surface area contributed by atoms with E-state index in [0.29, 0.717) is 12.2 Å². The summed E-state index contributed by atoms with van der Waals surface area (Å²) in [4.78, 5) is 0. The molecule has 0 aliphatic carbocycles. The van der Waals surface area contributed by atoms with Gasteiger partial charge in [-0.3, -0.25) is 0 Å². The first-order chi connectivity index (χ1) is 8.20. The van der Waals surface area contributed by atoms with E-state index in [1.54, 1.807) is 6.08 Å². The highest BCUT2D eigenvalue weighted by Crippen LogP contribution is 2.11. The van der Waals surface area contributed by atoms with E-state index in [-0.39, 0.29) is 0 Å². The van der Waals surface area contributed by atoms with Gasteiger partial charge in [-0.25, -0.2) is 0 Å². The summed E-state index contributed by atoms with van der Waals surface area (Å²) in [6.45, 7) is 4.36. The maximum Gasteiger partial charge on any atom is 0.0908 e. The Kier molecular flexibility index (Phi) is 11.6. The van der Waals surface area contributed by atoms with Crippen molar-refractivity contribution in [2.24, 2.45) is 0 Å². The second-order valence-corrected chi connectivity index (χ2v) is 4.89. The average Bonchev–Trinajstić information content (AvgIpc) is 2.30. The number of unbranched alkanes of at least 4 members (excludes halogenated alkanes) is 6. The van der Waals surface area contributed by atoms with E-state index < -0.39 is 6.10 Å². The van der Waals surface area contributed by atoms with Crippen molar-refractivity contribution < 1.29 is 10.2 Å². The predicted octanol–water partition coefficient (Wildman–Crippen LogP) is 4.73. The largest absolute Gasteiger partial charge is 0.513 e. The Balaban J connectivity index is 3.55. The summed E-state index contributed by atoms with van der Waals surface area (Å²) in [6, 6.07) is 0. The van der Waals surface area contributed by atoms with Gasteiger partial charge in [0.2, 0.25) is 0 Å². The summed E-state index contributed by atoms with van der Waals surface area (Å²) < 4.78 is 0. The minimum Gasteiger partial charge on any atom is -0.513 e. The second kappa shape index (κ2) is 12.0. The normalized spacial score (nSPS) is 13.9. The Hall–Kier alpha value is -0.500. The minimum absolute atomic E-state index is 0.365. The fraction of sp³-hybridized carbons (Fsp3) is 0.867. The molecule has 17 heavy (non-hydrogen) atoms. The third-order valence-electron chi connectivity index (χ3n) is 3.02. The highest BCUT2D eigenvalue weighted by Gasteiger charge is 2.02. The third-order valence-corrected chi connectivity index (χ3v) is 3.02. The standard InChI is InChI=1S/C15H30O2/c1-3-5-7-9-11-14(16)13-15(17)12-10-8-6-4-2/h13-14,16-17H,3-12H2,1-2H3/b15-13-. The van der Waals surface area contributed by atoms with Crippen molar-refractivity contribution in [3.8, 4) is 0 Å². The smallest absolute Gasteiger partial charge is 0.0908 e. The van der Waals surface area contributed by atoms with Gasteiger partial charge in [0, 0.05) is 6.42 Å². The molecule has 0 aromatic carbocycles. The first kappa shape index (κ1) is 16.5. The monoisotopic (exact) mass is 242 g/mol. The first-order valence-corrected chi connectivity index (χ1v) is 7.28. The van der Waals surface area contributed by atoms with Gasteiger partial charge in [0.15, 0.2) is 0 Å². The SMILES string of the molecule is CCCCCC/C(O)=C/C(O)CCCCCC. The lowest BCUT2D eigenvalue weighted by atomic mass is 10.1. The zero-order chi connectivity index (χ0) is 12.9. The lowest BCUT2D eigenvalue weighted by Crippen LogP contribution is -2.03. The van der Waals surface area contributed by atoms with E-state index in [1.807, 2.05) is 0 Å². The number of rotatable bonds is 11. The van der Waals surface area contributed by atoms with Crippen LogP contribution in [0.4, 0.5) is 0 Å². The van der Waals surface area contributed by atoms with Crippen molar-refractivity contribution in [2.75, 3.05) is 0 Å². The summed E-state index contributed by atoms with van der Waals surface area (Å²) in [5.74, 6) is 0.365. The molecule has 0 amide bonds. The number of hydrogen-bond acceptors (Lipinski definition) is 2. The Morgan fingerprint density at radius 3 is 2.12 bits per heavy atom. The van der Waals surface area contributed by atoms with E-state index in [4.69, 9.17) is 0 Å². The van der Waals surface area contributed by atoms with Crippen molar-refractivity contribution >= 4 is 0 Å². The Labute approximate surface area is 107 Å². The molecule has 0 rings (SSSR count). The molecule has 0 radical (unpaired) electrons. The van der Waals surface area contributed by atoms with Crippen LogP contribution in [0.25, 0.3) is 0 Å². The fourth-order valence-electron chi connectivity index (χ4n) is 1.90. The van der Waals surface area contributed by atoms with Gasteiger partial charge in [0.25, 0.3) is 0 Å². The molecule has 0 bridgehead atoms. The van der Waals surface area contributed by atoms with Gasteiger partial charge in [-0.05, 0) is 18.9 Å². The molecule has 0 saturated heterocycles. The lowest BCUT2D eigenvalue weighted by Gasteiger charge is -2.07. The van der Waals surface area contributed by atoms with Gasteiger partial charge >= 0.3 is 0 Å². The summed E-state index contributed by atoms with van der Waals surface area (Å²) >= 11 is 0. The number of aliphatic hydroxyl groups excluding tert-OH is 2. The molecule has 2 heteroatoms. The average molecular weight is 242 g/mol. The molecule has 0 aromatic heterocycles. The van der Waals surface area contributed by atoms with Crippen LogP contribution in [-0.2, 0) is 0 Å². The summed E-state index contributed by atoms with van der Waals surface area (Å²) in [5, 5.41) is 19.3. The zero-order valence-electron chi connectivity index (χ0n) is 11.6. The van der Waals surface area contributed by atoms with Gasteiger partial charge in [0.05, 0.1) is 11.9 Å². The molecule has 102 valence electrons. The fourth-order valence-corrected chi connectivity index (χ4v) is 1.90. The molecular weight excluding hydrogens is 212 g/mol. The molecule has 0 heterocycles. The molecule has 0 fully saturated rings. The van der Waals surface area contributed by atoms with Crippen molar-refractivity contribution in [1.29, 1.82) is 0 Å². The van der Waals surface area contributed by atoms with Crippen LogP contribution in [0.15, 0.2) is 11.8 Å². The van der Waals surface area contributed by atoms with Crippen LogP contribution in [0.1, 0.15) is 78.1 Å². The number of allylic oxidation sites excluding steroid dienone is 1. The molecule has 0 saturated carbocycles. The van der Waals surface area contributed by atoms with Crippen LogP contribution in [0.3, 0.4) is 0 Å². The van der Waals surface area contributed by atoms with Gasteiger partial charge in [-0.15, -0.1) is 0 Å². The molecule has 1 unspecified atom stereocenters. The topological polar surface area (TPSA) is 40.5 Å². The molecule has 2 nitrogen and oxygen atoms in total. The summed E-state index contributed by atoms with van der Waals surface area (Å²) in [5.41, 5.74) is 0. The maximum absolute atomic E-state index is 9.69. The van der Waals surface area contributed by atoms with Crippen molar-refractivity contribution in [3.63, 3.8) is 0 Å². The molecule has 0 aliphatic rings. The van der Waals surface area contributed by atoms with Crippen molar-refractivity contribution in [2.45, 2.75) is 84.2 Å². The van der Waals surface area contributed by atoms with E-state index >= 15 is 0 Å². The van der Waals surface area contributed by atoms with Gasteiger partial charge in [-0.1, -0.05) is 58.8 Å². The molecule has 0 aromatic rings. The van der Waals surface area contributed by atoms with Gasteiger partial charge in [0.1, 0.15) is 0 Å². The molecule has 0 spiro atoms. The second-order valence-electron chi connectivity index (χ2n) is 4.89. The van der Waals surface area contributed by atoms with Crippen LogP contribution >= 0.6 is 0 Å². The highest BCUT2D eigenvalue weighted by molar-refractivity contribution is 4.95. The van der Waals surface area contributed by atoms with Crippen LogP contribution in [0, 0.1) is 0 Å². The summed E-state index contributed by atoms with van der Waals surface area (Å²) in [6.07, 6.45) is 12.0. The molecular formula is C15H30O2. The summed E-state index contributed by atoms with van der Waals surface area (Å²) in [7, 11) is 0.